The lowest BCUT2D eigenvalue weighted by atomic mass is 10.2. The van der Waals surface area contributed by atoms with Gasteiger partial charge in [0.1, 0.15) is 0 Å². The van der Waals surface area contributed by atoms with Crippen LogP contribution in [0.4, 0.5) is 0 Å². The minimum Gasteiger partial charge on any atom is -0.306 e. The molecule has 0 spiro atoms. The van der Waals surface area contributed by atoms with Gasteiger partial charge >= 0.3 is 0 Å². The lowest BCUT2D eigenvalue weighted by molar-refractivity contribution is 1.26. The highest BCUT2D eigenvalue weighted by Crippen LogP contribution is 1.84. The van der Waals surface area contributed by atoms with Crippen LogP contribution in [0.1, 0.15) is 20.3 Å². The highest BCUT2D eigenvalue weighted by atomic mass is 14.4. The summed E-state index contributed by atoms with van der Waals surface area (Å²) in [6, 6.07) is 0. The summed E-state index contributed by atoms with van der Waals surface area (Å²) in [5.74, 6) is 0. The zero-order valence-corrected chi connectivity index (χ0v) is 5.86. The molecular formula is C7H12N2. The molecule has 0 aromatic rings. The lowest BCUT2D eigenvalue weighted by Crippen LogP contribution is -1.88. The van der Waals surface area contributed by atoms with Crippen molar-refractivity contribution >= 4 is 11.4 Å². The molecule has 0 bridgehead atoms. The smallest absolute Gasteiger partial charge is 0.0311 e. The van der Waals surface area contributed by atoms with Crippen LogP contribution in [0.25, 0.3) is 0 Å². The first kappa shape index (κ1) is 8.08. The predicted molar refractivity (Wildman–Crippen MR) is 40.6 cm³/mol. The van der Waals surface area contributed by atoms with Crippen molar-refractivity contribution in [3.05, 3.63) is 12.2 Å². The molecule has 0 aromatic carbocycles. The molecule has 0 aliphatic rings. The summed E-state index contributed by atoms with van der Waals surface area (Å²) in [7, 11) is 0. The molecule has 0 rings (SSSR count). The van der Waals surface area contributed by atoms with Crippen LogP contribution in [-0.2, 0) is 0 Å². The normalized spacial score (nSPS) is 10.0. The molecule has 0 fully saturated rings. The van der Waals surface area contributed by atoms with E-state index >= 15 is 0 Å². The molecule has 0 atom stereocenters. The largest absolute Gasteiger partial charge is 0.306 e. The van der Waals surface area contributed by atoms with E-state index < -0.39 is 0 Å². The molecule has 0 saturated carbocycles. The fourth-order valence-corrected chi connectivity index (χ4v) is 0.343. The van der Waals surface area contributed by atoms with Gasteiger partial charge in [-0.1, -0.05) is 6.92 Å². The fourth-order valence-electron chi connectivity index (χ4n) is 0.343. The van der Waals surface area contributed by atoms with E-state index in [1.807, 2.05) is 6.92 Å². The number of rotatable bonds is 3. The highest BCUT2D eigenvalue weighted by molar-refractivity contribution is 5.99. The first-order valence-electron chi connectivity index (χ1n) is 2.97. The summed E-state index contributed by atoms with van der Waals surface area (Å²) < 4.78 is 0. The third kappa shape index (κ3) is 4.94. The molecule has 0 aliphatic carbocycles. The van der Waals surface area contributed by atoms with E-state index in [2.05, 4.69) is 0 Å². The first-order chi connectivity index (χ1) is 4.16. The van der Waals surface area contributed by atoms with E-state index in [9.17, 15) is 0 Å². The summed E-state index contributed by atoms with van der Waals surface area (Å²) in [5.41, 5.74) is 1.06. The van der Waals surface area contributed by atoms with Crippen LogP contribution in [0.15, 0.2) is 12.2 Å². The SMILES string of the molecule is CCC(=N)/C=C\C(C)=N. The van der Waals surface area contributed by atoms with Gasteiger partial charge in [0.15, 0.2) is 0 Å². The van der Waals surface area contributed by atoms with Crippen LogP contribution in [0.5, 0.6) is 0 Å². The zero-order valence-electron chi connectivity index (χ0n) is 5.86. The van der Waals surface area contributed by atoms with Crippen molar-refractivity contribution in [1.29, 1.82) is 10.8 Å². The third-order valence-corrected chi connectivity index (χ3v) is 0.915. The molecule has 0 radical (unpaired) electrons. The Morgan fingerprint density at radius 2 is 1.89 bits per heavy atom. The Hall–Kier alpha value is -0.920. The van der Waals surface area contributed by atoms with E-state index in [0.717, 1.165) is 6.42 Å². The van der Waals surface area contributed by atoms with E-state index in [1.54, 1.807) is 19.1 Å². The molecule has 2 nitrogen and oxygen atoms in total. The second-order valence-corrected chi connectivity index (χ2v) is 1.90. The number of hydrogen-bond acceptors (Lipinski definition) is 2. The monoisotopic (exact) mass is 124 g/mol. The minimum atomic E-state index is 0.494. The van der Waals surface area contributed by atoms with Crippen LogP contribution < -0.4 is 0 Å². The van der Waals surface area contributed by atoms with Crippen molar-refractivity contribution in [2.45, 2.75) is 20.3 Å². The van der Waals surface area contributed by atoms with Crippen molar-refractivity contribution in [2.75, 3.05) is 0 Å². The van der Waals surface area contributed by atoms with Gasteiger partial charge in [0, 0.05) is 11.4 Å². The van der Waals surface area contributed by atoms with Gasteiger partial charge in [-0.05, 0) is 25.5 Å². The molecule has 0 aromatic heterocycles. The summed E-state index contributed by atoms with van der Waals surface area (Å²) in [5, 5.41) is 14.1. The fraction of sp³-hybridized carbons (Fsp3) is 0.429. The number of hydrogen-bond donors (Lipinski definition) is 2. The first-order valence-corrected chi connectivity index (χ1v) is 2.97. The summed E-state index contributed by atoms with van der Waals surface area (Å²) >= 11 is 0. The average Bonchev–Trinajstić information content (AvgIpc) is 1.83. The average molecular weight is 124 g/mol. The maximum atomic E-state index is 7.15. The van der Waals surface area contributed by atoms with Crippen LogP contribution in [-0.4, -0.2) is 11.4 Å². The van der Waals surface area contributed by atoms with Crippen LogP contribution in [0.3, 0.4) is 0 Å². The van der Waals surface area contributed by atoms with E-state index in [1.165, 1.54) is 0 Å². The van der Waals surface area contributed by atoms with E-state index in [0.29, 0.717) is 11.4 Å². The molecule has 2 N–H and O–H groups in total. The number of allylic oxidation sites excluding steroid dienone is 2. The Kier molecular flexibility index (Phi) is 3.60. The molecule has 50 valence electrons. The van der Waals surface area contributed by atoms with Gasteiger partial charge in [-0.15, -0.1) is 0 Å². The van der Waals surface area contributed by atoms with Gasteiger partial charge in [0.2, 0.25) is 0 Å². The zero-order chi connectivity index (χ0) is 7.28. The molecule has 0 aliphatic heterocycles. The van der Waals surface area contributed by atoms with Crippen LogP contribution in [0, 0.1) is 10.8 Å². The molecule has 0 saturated heterocycles. The van der Waals surface area contributed by atoms with Gasteiger partial charge in [-0.2, -0.15) is 0 Å². The van der Waals surface area contributed by atoms with Crippen LogP contribution >= 0.6 is 0 Å². The second-order valence-electron chi connectivity index (χ2n) is 1.90. The Balaban J connectivity index is 3.71. The quantitative estimate of drug-likeness (QED) is 0.541. The molecular weight excluding hydrogens is 112 g/mol. The van der Waals surface area contributed by atoms with Gasteiger partial charge in [0.25, 0.3) is 0 Å². The Morgan fingerprint density at radius 3 is 2.22 bits per heavy atom. The lowest BCUT2D eigenvalue weighted by Gasteiger charge is -1.86. The molecule has 0 unspecified atom stereocenters. The van der Waals surface area contributed by atoms with Crippen molar-refractivity contribution in [3.63, 3.8) is 0 Å². The van der Waals surface area contributed by atoms with Gasteiger partial charge < -0.3 is 10.8 Å². The second kappa shape index (κ2) is 4.01. The summed E-state index contributed by atoms with van der Waals surface area (Å²) in [6.45, 7) is 3.62. The maximum Gasteiger partial charge on any atom is 0.0311 e. The summed E-state index contributed by atoms with van der Waals surface area (Å²) in [4.78, 5) is 0. The maximum absolute atomic E-state index is 7.15. The Labute approximate surface area is 55.6 Å². The van der Waals surface area contributed by atoms with Crippen molar-refractivity contribution in [2.24, 2.45) is 0 Å². The van der Waals surface area contributed by atoms with Gasteiger partial charge in [-0.3, -0.25) is 0 Å². The predicted octanol–water partition coefficient (Wildman–Crippen LogP) is 2.01. The van der Waals surface area contributed by atoms with E-state index in [4.69, 9.17) is 10.8 Å². The summed E-state index contributed by atoms with van der Waals surface area (Å²) in [6.07, 6.45) is 4.03. The van der Waals surface area contributed by atoms with Gasteiger partial charge in [-0.25, -0.2) is 0 Å². The third-order valence-electron chi connectivity index (χ3n) is 0.915. The number of nitrogens with one attached hydrogen (secondary N) is 2. The Morgan fingerprint density at radius 1 is 1.33 bits per heavy atom. The highest BCUT2D eigenvalue weighted by Gasteiger charge is 1.82. The van der Waals surface area contributed by atoms with Crippen LogP contribution in [0.2, 0.25) is 0 Å². The standard InChI is InChI=1S/C7H12N2/c1-3-7(9)5-4-6(2)8/h4-5,8-9H,3H2,1-2H3/b5-4-,8-6?,9-7?. The minimum absolute atomic E-state index is 0.494. The van der Waals surface area contributed by atoms with Crippen molar-refractivity contribution in [1.82, 2.24) is 0 Å². The Bertz CT molecular complexity index is 145. The molecule has 0 heterocycles. The molecule has 9 heavy (non-hydrogen) atoms. The van der Waals surface area contributed by atoms with E-state index in [-0.39, 0.29) is 0 Å². The van der Waals surface area contributed by atoms with Gasteiger partial charge in [0.05, 0.1) is 0 Å². The van der Waals surface area contributed by atoms with Crippen molar-refractivity contribution in [3.8, 4) is 0 Å². The molecule has 2 heteroatoms. The molecule has 0 amide bonds. The topological polar surface area (TPSA) is 47.7 Å². The van der Waals surface area contributed by atoms with Crippen molar-refractivity contribution < 1.29 is 0 Å².